The van der Waals surface area contributed by atoms with Crippen LogP contribution >= 0.6 is 23.2 Å². The molecule has 2 N–H and O–H groups in total. The quantitative estimate of drug-likeness (QED) is 0.700. The number of rotatable bonds is 6. The van der Waals surface area contributed by atoms with E-state index in [-0.39, 0.29) is 12.5 Å². The number of carbonyl (C=O) groups excluding carboxylic acids is 2. The number of ether oxygens (including phenoxy) is 1. The molecule has 2 unspecified atom stereocenters. The molecule has 1 fully saturated rings. The standard InChI is InChI=1S/C20H20Cl2N2O4/c1-28-14-4-2-3-12(9-14)18(25)11-23-19(26)15-7-8-24(20(15)27)13-5-6-16(21)17(22)10-13/h2-6,9-10,15,18,25H,7-8,11H2,1H3,(H,23,26). The van der Waals surface area contributed by atoms with Gasteiger partial charge in [0.1, 0.15) is 11.7 Å². The molecule has 1 heterocycles. The van der Waals surface area contributed by atoms with Crippen LogP contribution in [0.15, 0.2) is 42.5 Å². The monoisotopic (exact) mass is 422 g/mol. The second-order valence-electron chi connectivity index (χ2n) is 6.47. The van der Waals surface area contributed by atoms with Gasteiger partial charge in [-0.1, -0.05) is 35.3 Å². The summed E-state index contributed by atoms with van der Waals surface area (Å²) in [5, 5.41) is 13.7. The Bertz CT molecular complexity index is 890. The van der Waals surface area contributed by atoms with E-state index in [0.717, 1.165) is 0 Å². The van der Waals surface area contributed by atoms with Gasteiger partial charge in [0.15, 0.2) is 0 Å². The van der Waals surface area contributed by atoms with Crippen LogP contribution in [-0.2, 0) is 9.59 Å². The molecule has 2 aromatic carbocycles. The van der Waals surface area contributed by atoms with Crippen LogP contribution in [0, 0.1) is 5.92 Å². The van der Waals surface area contributed by atoms with Crippen molar-refractivity contribution in [2.45, 2.75) is 12.5 Å². The highest BCUT2D eigenvalue weighted by Crippen LogP contribution is 2.31. The lowest BCUT2D eigenvalue weighted by Gasteiger charge is -2.18. The number of amides is 2. The first-order valence-electron chi connectivity index (χ1n) is 8.77. The Kier molecular flexibility index (Phi) is 6.44. The van der Waals surface area contributed by atoms with Crippen LogP contribution in [0.1, 0.15) is 18.1 Å². The van der Waals surface area contributed by atoms with Crippen LogP contribution < -0.4 is 15.0 Å². The Hall–Kier alpha value is -2.28. The molecule has 1 saturated heterocycles. The number of hydrogen-bond acceptors (Lipinski definition) is 4. The normalized spacial score (nSPS) is 17.5. The van der Waals surface area contributed by atoms with Gasteiger partial charge in [0.2, 0.25) is 11.8 Å². The van der Waals surface area contributed by atoms with E-state index in [1.807, 2.05) is 0 Å². The fourth-order valence-corrected chi connectivity index (χ4v) is 3.41. The van der Waals surface area contributed by atoms with Crippen molar-refractivity contribution >= 4 is 40.7 Å². The second kappa shape index (κ2) is 8.82. The molecule has 2 aromatic rings. The minimum atomic E-state index is -0.901. The molecule has 1 aliphatic heterocycles. The molecule has 148 valence electrons. The van der Waals surface area contributed by atoms with Crippen LogP contribution in [0.5, 0.6) is 5.75 Å². The molecule has 0 bridgehead atoms. The Morgan fingerprint density at radius 2 is 2.07 bits per heavy atom. The van der Waals surface area contributed by atoms with Gasteiger partial charge in [0, 0.05) is 18.8 Å². The van der Waals surface area contributed by atoms with E-state index in [1.165, 1.54) is 4.90 Å². The van der Waals surface area contributed by atoms with Gasteiger partial charge in [-0.25, -0.2) is 0 Å². The number of carbonyl (C=O) groups is 2. The zero-order valence-electron chi connectivity index (χ0n) is 15.2. The van der Waals surface area contributed by atoms with Crippen LogP contribution in [0.25, 0.3) is 0 Å². The van der Waals surface area contributed by atoms with Gasteiger partial charge in [-0.05, 0) is 42.3 Å². The Morgan fingerprint density at radius 3 is 2.79 bits per heavy atom. The van der Waals surface area contributed by atoms with Crippen LogP contribution in [-0.4, -0.2) is 37.1 Å². The van der Waals surface area contributed by atoms with Crippen molar-refractivity contribution in [2.24, 2.45) is 5.92 Å². The predicted octanol–water partition coefficient (Wildman–Crippen LogP) is 3.20. The van der Waals surface area contributed by atoms with Crippen LogP contribution in [0.2, 0.25) is 10.0 Å². The van der Waals surface area contributed by atoms with Crippen molar-refractivity contribution in [2.75, 3.05) is 25.1 Å². The maximum absolute atomic E-state index is 12.7. The molecule has 8 heteroatoms. The average Bonchev–Trinajstić information content (AvgIpc) is 3.09. The average molecular weight is 423 g/mol. The van der Waals surface area contributed by atoms with Gasteiger partial charge >= 0.3 is 0 Å². The summed E-state index contributed by atoms with van der Waals surface area (Å²) in [6.07, 6.45) is -0.512. The van der Waals surface area contributed by atoms with Crippen LogP contribution in [0.3, 0.4) is 0 Å². The lowest BCUT2D eigenvalue weighted by Crippen LogP contribution is -2.38. The molecular formula is C20H20Cl2N2O4. The summed E-state index contributed by atoms with van der Waals surface area (Å²) >= 11 is 11.9. The number of nitrogens with zero attached hydrogens (tertiary/aromatic N) is 1. The number of nitrogens with one attached hydrogen (secondary N) is 1. The Morgan fingerprint density at radius 1 is 1.29 bits per heavy atom. The van der Waals surface area contributed by atoms with Gasteiger partial charge in [-0.3, -0.25) is 9.59 Å². The zero-order valence-corrected chi connectivity index (χ0v) is 16.7. The third kappa shape index (κ3) is 4.41. The molecule has 0 spiro atoms. The molecule has 0 aromatic heterocycles. The van der Waals surface area contributed by atoms with Gasteiger partial charge in [0.25, 0.3) is 0 Å². The minimum Gasteiger partial charge on any atom is -0.497 e. The fraction of sp³-hybridized carbons (Fsp3) is 0.300. The summed E-state index contributed by atoms with van der Waals surface area (Å²) in [6, 6.07) is 11.9. The number of halogens is 2. The number of anilines is 1. The molecular weight excluding hydrogens is 403 g/mol. The molecule has 2 amide bonds. The predicted molar refractivity (Wildman–Crippen MR) is 108 cm³/mol. The smallest absolute Gasteiger partial charge is 0.239 e. The summed E-state index contributed by atoms with van der Waals surface area (Å²) in [5.74, 6) is -0.889. The lowest BCUT2D eigenvalue weighted by atomic mass is 10.1. The number of methoxy groups -OCH3 is 1. The van der Waals surface area contributed by atoms with Gasteiger partial charge < -0.3 is 20.1 Å². The van der Waals surface area contributed by atoms with Crippen molar-refractivity contribution in [3.63, 3.8) is 0 Å². The van der Waals surface area contributed by atoms with Crippen molar-refractivity contribution < 1.29 is 19.4 Å². The van der Waals surface area contributed by atoms with E-state index >= 15 is 0 Å². The fourth-order valence-electron chi connectivity index (χ4n) is 3.12. The zero-order chi connectivity index (χ0) is 20.3. The molecule has 3 rings (SSSR count). The Labute approximate surface area is 173 Å². The highest BCUT2D eigenvalue weighted by Gasteiger charge is 2.37. The summed E-state index contributed by atoms with van der Waals surface area (Å²) < 4.78 is 5.13. The van der Waals surface area contributed by atoms with Crippen molar-refractivity contribution in [3.8, 4) is 5.75 Å². The van der Waals surface area contributed by atoms with Gasteiger partial charge in [-0.15, -0.1) is 0 Å². The topological polar surface area (TPSA) is 78.9 Å². The number of benzene rings is 2. The summed E-state index contributed by atoms with van der Waals surface area (Å²) in [5.41, 5.74) is 1.22. The molecule has 0 saturated carbocycles. The van der Waals surface area contributed by atoms with Crippen molar-refractivity contribution in [3.05, 3.63) is 58.1 Å². The third-order valence-electron chi connectivity index (χ3n) is 4.69. The first-order chi connectivity index (χ1) is 13.4. The van der Waals surface area contributed by atoms with E-state index in [0.29, 0.717) is 40.0 Å². The number of aliphatic hydroxyl groups is 1. The van der Waals surface area contributed by atoms with Gasteiger partial charge in [0.05, 0.1) is 23.3 Å². The summed E-state index contributed by atoms with van der Waals surface area (Å²) in [6.45, 7) is 0.413. The molecule has 1 aliphatic rings. The van der Waals surface area contributed by atoms with Crippen molar-refractivity contribution in [1.29, 1.82) is 0 Å². The molecule has 2 atom stereocenters. The molecule has 0 aliphatic carbocycles. The van der Waals surface area contributed by atoms with E-state index in [9.17, 15) is 14.7 Å². The third-order valence-corrected chi connectivity index (χ3v) is 5.42. The first-order valence-corrected chi connectivity index (χ1v) is 9.52. The highest BCUT2D eigenvalue weighted by molar-refractivity contribution is 6.42. The van der Waals surface area contributed by atoms with Crippen LogP contribution in [0.4, 0.5) is 5.69 Å². The number of aliphatic hydroxyl groups excluding tert-OH is 1. The minimum absolute atomic E-state index is 0.00253. The second-order valence-corrected chi connectivity index (χ2v) is 7.28. The summed E-state index contributed by atoms with van der Waals surface area (Å²) in [7, 11) is 1.54. The Balaban J connectivity index is 1.60. The molecule has 0 radical (unpaired) electrons. The SMILES string of the molecule is COc1cccc(C(O)CNC(=O)C2CCN(c3ccc(Cl)c(Cl)c3)C2=O)c1. The maximum Gasteiger partial charge on any atom is 0.239 e. The largest absolute Gasteiger partial charge is 0.497 e. The maximum atomic E-state index is 12.7. The van der Waals surface area contributed by atoms with E-state index in [1.54, 1.807) is 49.6 Å². The first kappa shape index (κ1) is 20.5. The number of hydrogen-bond donors (Lipinski definition) is 2. The van der Waals surface area contributed by atoms with Crippen molar-refractivity contribution in [1.82, 2.24) is 5.32 Å². The lowest BCUT2D eigenvalue weighted by molar-refractivity contribution is -0.132. The van der Waals surface area contributed by atoms with E-state index < -0.39 is 17.9 Å². The molecule has 6 nitrogen and oxygen atoms in total. The van der Waals surface area contributed by atoms with E-state index in [4.69, 9.17) is 27.9 Å². The summed E-state index contributed by atoms with van der Waals surface area (Å²) in [4.78, 5) is 26.6. The van der Waals surface area contributed by atoms with Gasteiger partial charge in [-0.2, -0.15) is 0 Å². The highest BCUT2D eigenvalue weighted by atomic mass is 35.5. The molecule has 28 heavy (non-hydrogen) atoms. The van der Waals surface area contributed by atoms with E-state index in [2.05, 4.69) is 5.32 Å².